The summed E-state index contributed by atoms with van der Waals surface area (Å²) < 4.78 is 10.4. The average Bonchev–Trinajstić information content (AvgIpc) is 2.94. The summed E-state index contributed by atoms with van der Waals surface area (Å²) in [5, 5.41) is 9.60. The van der Waals surface area contributed by atoms with Gasteiger partial charge in [0.25, 0.3) is 0 Å². The zero-order valence-electron chi connectivity index (χ0n) is 13.6. The van der Waals surface area contributed by atoms with E-state index in [9.17, 15) is 14.7 Å². The lowest BCUT2D eigenvalue weighted by molar-refractivity contribution is -0.166. The number of nitrogens with two attached hydrogens (primary N) is 1. The van der Waals surface area contributed by atoms with Crippen molar-refractivity contribution in [2.45, 2.75) is 33.1 Å². The zero-order chi connectivity index (χ0) is 17.2. The van der Waals surface area contributed by atoms with Crippen LogP contribution in [0.1, 0.15) is 28.8 Å². The number of pyridine rings is 1. The van der Waals surface area contributed by atoms with E-state index < -0.39 is 17.4 Å². The molecule has 2 rings (SSSR count). The van der Waals surface area contributed by atoms with Crippen LogP contribution in [0.15, 0.2) is 0 Å². The minimum atomic E-state index is -1.58. The van der Waals surface area contributed by atoms with Crippen molar-refractivity contribution in [3.63, 3.8) is 0 Å². The number of hydrogen-bond acceptors (Lipinski definition) is 6. The third kappa shape index (κ3) is 2.88. The quantitative estimate of drug-likeness (QED) is 0.452. The van der Waals surface area contributed by atoms with Crippen molar-refractivity contribution in [3.05, 3.63) is 22.4 Å². The maximum absolute atomic E-state index is 12.1. The smallest absolute Gasteiger partial charge is 0.323 e. The Morgan fingerprint density at radius 2 is 1.96 bits per heavy atom. The molecule has 1 atom stereocenters. The van der Waals surface area contributed by atoms with E-state index in [1.807, 2.05) is 6.92 Å². The number of aliphatic carboxylic acids is 1. The van der Waals surface area contributed by atoms with Gasteiger partial charge in [-0.05, 0) is 37.9 Å². The predicted octanol–water partition coefficient (Wildman–Crippen LogP) is 0.769. The molecule has 1 heterocycles. The molecule has 0 radical (unpaired) electrons. The molecule has 126 valence electrons. The molecule has 1 aromatic heterocycles. The normalized spacial score (nSPS) is 19.3. The van der Waals surface area contributed by atoms with Crippen LogP contribution in [0.3, 0.4) is 0 Å². The van der Waals surface area contributed by atoms with Gasteiger partial charge >= 0.3 is 11.9 Å². The Morgan fingerprint density at radius 3 is 2.52 bits per heavy atom. The Bertz CT molecular complexity index is 644. The molecule has 0 saturated heterocycles. The Hall–Kier alpha value is -2.15. The van der Waals surface area contributed by atoms with Crippen LogP contribution < -0.4 is 10.5 Å². The van der Waals surface area contributed by atoms with Gasteiger partial charge in [-0.25, -0.2) is 4.98 Å². The standard InChI is InChI=1S/C16H22N2O5/c1-9-11-7-16(14(19)20,15(21)22-3)8-12(11)10(2)18-13(9)23-6-4-5-17/h4-8,17H2,1-3H3,(H,19,20). The summed E-state index contributed by atoms with van der Waals surface area (Å²) in [6, 6.07) is 0. The fourth-order valence-electron chi connectivity index (χ4n) is 2.99. The minimum absolute atomic E-state index is 0.0901. The minimum Gasteiger partial charge on any atom is -0.480 e. The van der Waals surface area contributed by atoms with E-state index in [1.54, 1.807) is 6.92 Å². The number of aromatic nitrogens is 1. The lowest BCUT2D eigenvalue weighted by atomic mass is 9.84. The second-order valence-corrected chi connectivity index (χ2v) is 5.81. The van der Waals surface area contributed by atoms with Gasteiger partial charge in [0, 0.05) is 24.1 Å². The number of fused-ring (bicyclic) bond motifs is 1. The van der Waals surface area contributed by atoms with E-state index in [0.29, 0.717) is 31.1 Å². The molecule has 1 aliphatic rings. The van der Waals surface area contributed by atoms with Crippen molar-refractivity contribution in [2.24, 2.45) is 11.1 Å². The molecule has 3 N–H and O–H groups in total. The van der Waals surface area contributed by atoms with E-state index in [-0.39, 0.29) is 12.8 Å². The van der Waals surface area contributed by atoms with Gasteiger partial charge in [0.05, 0.1) is 13.7 Å². The van der Waals surface area contributed by atoms with Crippen LogP contribution in [0.25, 0.3) is 0 Å². The van der Waals surface area contributed by atoms with Crippen molar-refractivity contribution < 1.29 is 24.2 Å². The molecule has 0 fully saturated rings. The highest BCUT2D eigenvalue weighted by Crippen LogP contribution is 2.42. The van der Waals surface area contributed by atoms with Gasteiger partial charge in [0.1, 0.15) is 0 Å². The highest BCUT2D eigenvalue weighted by molar-refractivity contribution is 6.00. The summed E-state index contributed by atoms with van der Waals surface area (Å²) in [5.41, 5.74) is 6.93. The molecular formula is C16H22N2O5. The third-order valence-corrected chi connectivity index (χ3v) is 4.37. The Labute approximate surface area is 134 Å². The molecule has 23 heavy (non-hydrogen) atoms. The number of ether oxygens (including phenoxy) is 2. The SMILES string of the molecule is COC(=O)C1(C(=O)O)Cc2c(C)nc(OCCCN)c(C)c2C1. The zero-order valence-corrected chi connectivity index (χ0v) is 13.6. The number of carbonyl (C=O) groups excluding carboxylic acids is 1. The van der Waals surface area contributed by atoms with Crippen molar-refractivity contribution >= 4 is 11.9 Å². The van der Waals surface area contributed by atoms with Gasteiger partial charge in [0.15, 0.2) is 5.41 Å². The third-order valence-electron chi connectivity index (χ3n) is 4.37. The van der Waals surface area contributed by atoms with Crippen LogP contribution in [0.2, 0.25) is 0 Å². The van der Waals surface area contributed by atoms with Crippen LogP contribution in [0.4, 0.5) is 0 Å². The maximum Gasteiger partial charge on any atom is 0.323 e. The first-order chi connectivity index (χ1) is 10.9. The van der Waals surface area contributed by atoms with E-state index in [0.717, 1.165) is 16.7 Å². The van der Waals surface area contributed by atoms with Gasteiger partial charge in [-0.1, -0.05) is 0 Å². The molecule has 0 amide bonds. The van der Waals surface area contributed by atoms with Gasteiger partial charge in [0.2, 0.25) is 5.88 Å². The molecule has 0 spiro atoms. The maximum atomic E-state index is 12.1. The van der Waals surface area contributed by atoms with Crippen molar-refractivity contribution in [1.29, 1.82) is 0 Å². The Morgan fingerprint density at radius 1 is 1.30 bits per heavy atom. The second kappa shape index (κ2) is 6.54. The van der Waals surface area contributed by atoms with E-state index in [4.69, 9.17) is 15.2 Å². The Kier molecular flexibility index (Phi) is 4.89. The predicted molar refractivity (Wildman–Crippen MR) is 82.4 cm³/mol. The van der Waals surface area contributed by atoms with E-state index >= 15 is 0 Å². The van der Waals surface area contributed by atoms with Crippen molar-refractivity contribution in [2.75, 3.05) is 20.3 Å². The largest absolute Gasteiger partial charge is 0.480 e. The molecule has 0 saturated carbocycles. The number of carbonyl (C=O) groups is 2. The van der Waals surface area contributed by atoms with Gasteiger partial charge < -0.3 is 20.3 Å². The first-order valence-electron chi connectivity index (χ1n) is 7.51. The van der Waals surface area contributed by atoms with Crippen LogP contribution >= 0.6 is 0 Å². The fraction of sp³-hybridized carbons (Fsp3) is 0.562. The van der Waals surface area contributed by atoms with Crippen LogP contribution in [0, 0.1) is 19.3 Å². The topological polar surface area (TPSA) is 112 Å². The van der Waals surface area contributed by atoms with Crippen molar-refractivity contribution in [3.8, 4) is 5.88 Å². The lowest BCUT2D eigenvalue weighted by Gasteiger charge is -2.20. The number of nitrogens with zero attached hydrogens (tertiary/aromatic N) is 1. The van der Waals surface area contributed by atoms with Gasteiger partial charge in [-0.3, -0.25) is 9.59 Å². The van der Waals surface area contributed by atoms with Gasteiger partial charge in [-0.15, -0.1) is 0 Å². The number of esters is 1. The summed E-state index contributed by atoms with van der Waals surface area (Å²) in [7, 11) is 1.20. The molecule has 1 unspecified atom stereocenters. The fourth-order valence-corrected chi connectivity index (χ4v) is 2.99. The number of carboxylic acid groups (broad SMARTS) is 1. The number of hydrogen-bond donors (Lipinski definition) is 2. The lowest BCUT2D eigenvalue weighted by Crippen LogP contribution is -2.41. The van der Waals surface area contributed by atoms with Crippen LogP contribution in [-0.2, 0) is 27.2 Å². The summed E-state index contributed by atoms with van der Waals surface area (Å²) in [6.07, 6.45) is 0.887. The van der Waals surface area contributed by atoms with Crippen LogP contribution in [-0.4, -0.2) is 42.3 Å². The van der Waals surface area contributed by atoms with E-state index in [2.05, 4.69) is 4.98 Å². The highest BCUT2D eigenvalue weighted by Gasteiger charge is 2.53. The molecule has 1 aliphatic carbocycles. The molecule has 0 aliphatic heterocycles. The summed E-state index contributed by atoms with van der Waals surface area (Å²) in [4.78, 5) is 28.3. The second-order valence-electron chi connectivity index (χ2n) is 5.81. The molecule has 0 aromatic carbocycles. The van der Waals surface area contributed by atoms with Crippen LogP contribution in [0.5, 0.6) is 5.88 Å². The summed E-state index contributed by atoms with van der Waals surface area (Å²) in [5.74, 6) is -1.43. The van der Waals surface area contributed by atoms with Gasteiger partial charge in [-0.2, -0.15) is 0 Å². The molecule has 1 aromatic rings. The summed E-state index contributed by atoms with van der Waals surface area (Å²) >= 11 is 0. The number of methoxy groups -OCH3 is 1. The first-order valence-corrected chi connectivity index (χ1v) is 7.51. The summed E-state index contributed by atoms with van der Waals surface area (Å²) in [6.45, 7) is 4.60. The molecule has 0 bridgehead atoms. The average molecular weight is 322 g/mol. The van der Waals surface area contributed by atoms with E-state index in [1.165, 1.54) is 7.11 Å². The highest BCUT2D eigenvalue weighted by atomic mass is 16.5. The Balaban J connectivity index is 2.42. The monoisotopic (exact) mass is 322 g/mol. The number of rotatable bonds is 6. The van der Waals surface area contributed by atoms with Crippen molar-refractivity contribution in [1.82, 2.24) is 4.98 Å². The molecule has 7 nitrogen and oxygen atoms in total. The molecular weight excluding hydrogens is 300 g/mol. The number of aryl methyl sites for hydroxylation is 1. The number of carboxylic acids is 1. The molecule has 7 heteroatoms. The first kappa shape index (κ1) is 17.2.